The molecule has 1 atom stereocenters. The molecule has 4 nitrogen and oxygen atoms in total. The third kappa shape index (κ3) is 4.29. The molecular formula is C18H22ClN3OS. The van der Waals surface area contributed by atoms with Gasteiger partial charge in [-0.15, -0.1) is 0 Å². The van der Waals surface area contributed by atoms with Crippen LogP contribution in [0.5, 0.6) is 0 Å². The number of rotatable bonds is 5. The van der Waals surface area contributed by atoms with E-state index in [1.54, 1.807) is 6.26 Å². The van der Waals surface area contributed by atoms with Gasteiger partial charge in [-0.2, -0.15) is 0 Å². The molecule has 0 aliphatic carbocycles. The molecule has 1 aliphatic heterocycles. The number of furan rings is 1. The Morgan fingerprint density at radius 1 is 1.33 bits per heavy atom. The molecule has 0 radical (unpaired) electrons. The Hall–Kier alpha value is -1.56. The topological polar surface area (TPSA) is 40.4 Å². The summed E-state index contributed by atoms with van der Waals surface area (Å²) in [6.07, 6.45) is 4.20. The van der Waals surface area contributed by atoms with E-state index in [0.717, 1.165) is 35.1 Å². The van der Waals surface area contributed by atoms with Crippen LogP contribution in [-0.4, -0.2) is 29.6 Å². The number of nitrogens with zero attached hydrogens (tertiary/aromatic N) is 1. The van der Waals surface area contributed by atoms with Crippen LogP contribution in [-0.2, 0) is 0 Å². The molecule has 0 spiro atoms. The highest BCUT2D eigenvalue weighted by Crippen LogP contribution is 2.25. The second-order valence-electron chi connectivity index (χ2n) is 6.07. The molecule has 3 rings (SSSR count). The Morgan fingerprint density at radius 3 is 2.79 bits per heavy atom. The molecule has 24 heavy (non-hydrogen) atoms. The molecular weight excluding hydrogens is 342 g/mol. The van der Waals surface area contributed by atoms with Crippen LogP contribution in [0.15, 0.2) is 41.0 Å². The van der Waals surface area contributed by atoms with Crippen molar-refractivity contribution in [1.82, 2.24) is 10.2 Å². The first-order valence-electron chi connectivity index (χ1n) is 8.22. The zero-order valence-electron chi connectivity index (χ0n) is 13.7. The van der Waals surface area contributed by atoms with Gasteiger partial charge in [0.25, 0.3) is 0 Å². The maximum Gasteiger partial charge on any atom is 0.170 e. The van der Waals surface area contributed by atoms with Gasteiger partial charge in [-0.05, 0) is 74.9 Å². The maximum atomic E-state index is 6.16. The first-order chi connectivity index (χ1) is 11.6. The minimum atomic E-state index is 0.198. The van der Waals surface area contributed by atoms with Gasteiger partial charge < -0.3 is 15.1 Å². The number of aryl methyl sites for hydroxylation is 1. The van der Waals surface area contributed by atoms with E-state index in [1.807, 2.05) is 37.3 Å². The summed E-state index contributed by atoms with van der Waals surface area (Å²) < 4.78 is 5.62. The molecule has 0 saturated carbocycles. The molecule has 1 aromatic heterocycles. The number of halogens is 1. The summed E-state index contributed by atoms with van der Waals surface area (Å²) in [7, 11) is 0. The summed E-state index contributed by atoms with van der Waals surface area (Å²) in [5.74, 6) is 0.977. The molecule has 128 valence electrons. The molecule has 1 saturated heterocycles. The van der Waals surface area contributed by atoms with Gasteiger partial charge in [-0.3, -0.25) is 4.90 Å². The average Bonchev–Trinajstić information content (AvgIpc) is 3.25. The van der Waals surface area contributed by atoms with Crippen LogP contribution in [0.4, 0.5) is 5.69 Å². The van der Waals surface area contributed by atoms with Crippen molar-refractivity contribution < 1.29 is 4.42 Å². The van der Waals surface area contributed by atoms with Crippen molar-refractivity contribution in [2.24, 2.45) is 0 Å². The van der Waals surface area contributed by atoms with Crippen LogP contribution in [0.2, 0.25) is 5.02 Å². The number of benzene rings is 1. The number of anilines is 1. The molecule has 2 aromatic rings. The molecule has 1 fully saturated rings. The highest BCUT2D eigenvalue weighted by molar-refractivity contribution is 7.80. The third-order valence-electron chi connectivity index (χ3n) is 4.34. The van der Waals surface area contributed by atoms with Gasteiger partial charge in [0.1, 0.15) is 5.76 Å². The fourth-order valence-electron chi connectivity index (χ4n) is 2.98. The van der Waals surface area contributed by atoms with E-state index in [4.69, 9.17) is 28.2 Å². The van der Waals surface area contributed by atoms with Crippen LogP contribution in [0.1, 0.15) is 30.2 Å². The molecule has 0 amide bonds. The quantitative estimate of drug-likeness (QED) is 0.772. The molecule has 0 unspecified atom stereocenters. The fraction of sp³-hybridized carbons (Fsp3) is 0.389. The highest BCUT2D eigenvalue weighted by Gasteiger charge is 2.25. The smallest absolute Gasteiger partial charge is 0.170 e. The lowest BCUT2D eigenvalue weighted by molar-refractivity contribution is 0.216. The second kappa shape index (κ2) is 8.01. The van der Waals surface area contributed by atoms with Crippen molar-refractivity contribution in [3.63, 3.8) is 0 Å². The van der Waals surface area contributed by atoms with Gasteiger partial charge in [0.15, 0.2) is 5.11 Å². The first-order valence-corrected chi connectivity index (χ1v) is 9.00. The van der Waals surface area contributed by atoms with Gasteiger partial charge in [0.05, 0.1) is 12.3 Å². The Labute approximate surface area is 153 Å². The monoisotopic (exact) mass is 363 g/mol. The second-order valence-corrected chi connectivity index (χ2v) is 6.89. The minimum Gasteiger partial charge on any atom is -0.468 e. The van der Waals surface area contributed by atoms with Crippen LogP contribution in [0.3, 0.4) is 0 Å². The van der Waals surface area contributed by atoms with E-state index in [9.17, 15) is 0 Å². The number of nitrogens with one attached hydrogen (secondary N) is 2. The maximum absolute atomic E-state index is 6.16. The van der Waals surface area contributed by atoms with Crippen LogP contribution < -0.4 is 10.6 Å². The van der Waals surface area contributed by atoms with Gasteiger partial charge in [0.2, 0.25) is 0 Å². The highest BCUT2D eigenvalue weighted by atomic mass is 35.5. The van der Waals surface area contributed by atoms with Crippen molar-refractivity contribution in [1.29, 1.82) is 0 Å². The lowest BCUT2D eigenvalue weighted by Gasteiger charge is -2.26. The third-order valence-corrected chi connectivity index (χ3v) is 4.99. The van der Waals surface area contributed by atoms with E-state index >= 15 is 0 Å². The van der Waals surface area contributed by atoms with Crippen LogP contribution in [0.25, 0.3) is 0 Å². The minimum absolute atomic E-state index is 0.198. The Balaban J connectivity index is 1.59. The van der Waals surface area contributed by atoms with Crippen LogP contribution >= 0.6 is 23.8 Å². The molecule has 0 bridgehead atoms. The lowest BCUT2D eigenvalue weighted by atomic mass is 10.2. The van der Waals surface area contributed by atoms with E-state index in [0.29, 0.717) is 11.7 Å². The lowest BCUT2D eigenvalue weighted by Crippen LogP contribution is -2.38. The van der Waals surface area contributed by atoms with E-state index in [1.165, 1.54) is 12.8 Å². The normalized spacial score (nSPS) is 16.1. The summed E-state index contributed by atoms with van der Waals surface area (Å²) in [6.45, 7) is 4.88. The predicted molar refractivity (Wildman–Crippen MR) is 103 cm³/mol. The van der Waals surface area contributed by atoms with E-state index in [2.05, 4.69) is 15.5 Å². The number of hydrogen-bond donors (Lipinski definition) is 2. The van der Waals surface area contributed by atoms with E-state index < -0.39 is 0 Å². The zero-order chi connectivity index (χ0) is 16.9. The number of hydrogen-bond acceptors (Lipinski definition) is 3. The summed E-state index contributed by atoms with van der Waals surface area (Å²) in [5, 5.41) is 7.81. The first kappa shape index (κ1) is 17.3. The molecule has 1 aliphatic rings. The van der Waals surface area contributed by atoms with Crippen molar-refractivity contribution >= 4 is 34.6 Å². The van der Waals surface area contributed by atoms with Crippen molar-refractivity contribution in [3.05, 3.63) is 52.9 Å². The number of likely N-dealkylation sites (tertiary alicyclic amines) is 1. The Bertz CT molecular complexity index is 684. The standard InChI is InChI=1S/C18H22ClN3OS/c1-13-6-7-14(11-15(13)19)21-18(24)20-12-16(17-5-4-10-23-17)22-8-2-3-9-22/h4-7,10-11,16H,2-3,8-9,12H2,1H3,(H2,20,21,24)/t16-/m1/s1. The Kier molecular flexibility index (Phi) is 5.76. The zero-order valence-corrected chi connectivity index (χ0v) is 15.3. The fourth-order valence-corrected chi connectivity index (χ4v) is 3.36. The largest absolute Gasteiger partial charge is 0.468 e. The van der Waals surface area contributed by atoms with Crippen molar-refractivity contribution in [2.75, 3.05) is 25.0 Å². The van der Waals surface area contributed by atoms with Crippen molar-refractivity contribution in [3.8, 4) is 0 Å². The predicted octanol–water partition coefficient (Wildman–Crippen LogP) is 4.36. The summed E-state index contributed by atoms with van der Waals surface area (Å²) in [6, 6.07) is 9.99. The molecule has 2 N–H and O–H groups in total. The average molecular weight is 364 g/mol. The van der Waals surface area contributed by atoms with E-state index in [-0.39, 0.29) is 6.04 Å². The molecule has 2 heterocycles. The Morgan fingerprint density at radius 2 is 2.12 bits per heavy atom. The van der Waals surface area contributed by atoms with Crippen LogP contribution in [0, 0.1) is 6.92 Å². The van der Waals surface area contributed by atoms with Gasteiger partial charge >= 0.3 is 0 Å². The summed E-state index contributed by atoms with van der Waals surface area (Å²) in [4.78, 5) is 2.44. The number of thiocarbonyl (C=S) groups is 1. The molecule has 1 aromatic carbocycles. The molecule has 6 heteroatoms. The SMILES string of the molecule is Cc1ccc(NC(=S)NC[C@H](c2ccco2)N2CCCC2)cc1Cl. The summed E-state index contributed by atoms with van der Waals surface area (Å²) in [5.41, 5.74) is 1.94. The van der Waals surface area contributed by atoms with Crippen molar-refractivity contribution in [2.45, 2.75) is 25.8 Å². The summed E-state index contributed by atoms with van der Waals surface area (Å²) >= 11 is 11.6. The van der Waals surface area contributed by atoms with Gasteiger partial charge in [-0.1, -0.05) is 17.7 Å². The van der Waals surface area contributed by atoms with Gasteiger partial charge in [0, 0.05) is 17.3 Å². The van der Waals surface area contributed by atoms with Gasteiger partial charge in [-0.25, -0.2) is 0 Å².